The van der Waals surface area contributed by atoms with Crippen molar-refractivity contribution in [3.8, 4) is 11.5 Å². The second kappa shape index (κ2) is 7.40. The quantitative estimate of drug-likeness (QED) is 0.647. The van der Waals surface area contributed by atoms with Crippen molar-refractivity contribution in [3.05, 3.63) is 58.4 Å². The van der Waals surface area contributed by atoms with Crippen LogP contribution in [-0.2, 0) is 4.79 Å². The molecule has 0 bridgehead atoms. The third-order valence-electron chi connectivity index (χ3n) is 3.13. The van der Waals surface area contributed by atoms with Gasteiger partial charge in [0.2, 0.25) is 0 Å². The number of ether oxygens (including phenoxy) is 2. The van der Waals surface area contributed by atoms with Gasteiger partial charge in [0.05, 0.1) is 17.7 Å². The van der Waals surface area contributed by atoms with Crippen molar-refractivity contribution in [1.82, 2.24) is 0 Å². The van der Waals surface area contributed by atoms with E-state index in [2.05, 4.69) is 5.32 Å². The Morgan fingerprint density at radius 3 is 2.67 bits per heavy atom. The number of hydrogen-bond acceptors (Lipinski definition) is 5. The highest BCUT2D eigenvalue weighted by atomic mass is 19.1. The molecule has 0 saturated heterocycles. The van der Waals surface area contributed by atoms with Crippen LogP contribution in [0.3, 0.4) is 0 Å². The Labute approximate surface area is 137 Å². The summed E-state index contributed by atoms with van der Waals surface area (Å²) in [5.41, 5.74) is -0.0452. The van der Waals surface area contributed by atoms with Gasteiger partial charge >= 0.3 is 0 Å². The molecular weight excluding hydrogens is 319 g/mol. The van der Waals surface area contributed by atoms with Crippen molar-refractivity contribution in [2.24, 2.45) is 0 Å². The maximum atomic E-state index is 13.1. The average Bonchev–Trinajstić information content (AvgIpc) is 2.54. The van der Waals surface area contributed by atoms with E-state index >= 15 is 0 Å². The van der Waals surface area contributed by atoms with E-state index in [1.807, 2.05) is 0 Å². The van der Waals surface area contributed by atoms with Crippen LogP contribution in [0.1, 0.15) is 6.92 Å². The van der Waals surface area contributed by atoms with E-state index in [0.717, 1.165) is 6.07 Å². The zero-order valence-electron chi connectivity index (χ0n) is 13.0. The fourth-order valence-corrected chi connectivity index (χ4v) is 1.94. The lowest BCUT2D eigenvalue weighted by Gasteiger charge is -2.16. The monoisotopic (exact) mass is 334 g/mol. The van der Waals surface area contributed by atoms with Crippen molar-refractivity contribution in [2.45, 2.75) is 13.0 Å². The number of nitrogens with one attached hydrogen (secondary N) is 1. The number of benzene rings is 2. The van der Waals surface area contributed by atoms with Gasteiger partial charge in [-0.2, -0.15) is 0 Å². The van der Waals surface area contributed by atoms with E-state index in [9.17, 15) is 19.3 Å². The van der Waals surface area contributed by atoms with E-state index in [-0.39, 0.29) is 22.9 Å². The SMILES string of the molecule is COc1ccc([N+](=O)[O-])cc1NC(=O)C(C)Oc1cccc(F)c1. The molecule has 2 rings (SSSR count). The molecule has 7 nitrogen and oxygen atoms in total. The zero-order chi connectivity index (χ0) is 17.7. The smallest absolute Gasteiger partial charge is 0.271 e. The van der Waals surface area contributed by atoms with Crippen LogP contribution in [0.15, 0.2) is 42.5 Å². The molecule has 24 heavy (non-hydrogen) atoms. The lowest BCUT2D eigenvalue weighted by atomic mass is 10.2. The summed E-state index contributed by atoms with van der Waals surface area (Å²) < 4.78 is 23.5. The number of non-ortho nitro benzene ring substituents is 1. The van der Waals surface area contributed by atoms with Crippen LogP contribution in [0.2, 0.25) is 0 Å². The largest absolute Gasteiger partial charge is 0.495 e. The highest BCUT2D eigenvalue weighted by Crippen LogP contribution is 2.29. The first kappa shape index (κ1) is 17.2. The predicted molar refractivity (Wildman–Crippen MR) is 84.8 cm³/mol. The summed E-state index contributed by atoms with van der Waals surface area (Å²) in [5, 5.41) is 13.3. The normalized spacial score (nSPS) is 11.5. The third kappa shape index (κ3) is 4.19. The number of methoxy groups -OCH3 is 1. The van der Waals surface area contributed by atoms with Gasteiger partial charge in [-0.15, -0.1) is 0 Å². The maximum absolute atomic E-state index is 13.1. The summed E-state index contributed by atoms with van der Waals surface area (Å²) in [6.45, 7) is 1.48. The topological polar surface area (TPSA) is 90.7 Å². The first-order chi connectivity index (χ1) is 11.4. The molecule has 0 spiro atoms. The molecule has 2 aromatic rings. The Morgan fingerprint density at radius 2 is 2.04 bits per heavy atom. The molecule has 0 aliphatic rings. The molecule has 0 fully saturated rings. The minimum Gasteiger partial charge on any atom is -0.495 e. The number of rotatable bonds is 6. The fraction of sp³-hybridized carbons (Fsp3) is 0.188. The average molecular weight is 334 g/mol. The van der Waals surface area contributed by atoms with Gasteiger partial charge in [0.25, 0.3) is 11.6 Å². The van der Waals surface area contributed by atoms with Gasteiger partial charge in [0.1, 0.15) is 17.3 Å². The number of carbonyl (C=O) groups is 1. The molecule has 0 radical (unpaired) electrons. The number of nitro benzene ring substituents is 1. The van der Waals surface area contributed by atoms with E-state index in [1.54, 1.807) is 0 Å². The number of nitro groups is 1. The van der Waals surface area contributed by atoms with E-state index in [4.69, 9.17) is 9.47 Å². The standard InChI is InChI=1S/C16H15FN2O5/c1-10(24-13-5-3-4-11(17)8-13)16(20)18-14-9-12(19(21)22)6-7-15(14)23-2/h3-10H,1-2H3,(H,18,20). The molecule has 0 heterocycles. The summed E-state index contributed by atoms with van der Waals surface area (Å²) in [5.74, 6) is -0.575. The molecule has 0 aliphatic heterocycles. The van der Waals surface area contributed by atoms with Crippen LogP contribution in [0.25, 0.3) is 0 Å². The first-order valence-corrected chi connectivity index (χ1v) is 6.96. The van der Waals surface area contributed by atoms with E-state index in [0.29, 0.717) is 0 Å². The molecule has 1 amide bonds. The van der Waals surface area contributed by atoms with Gasteiger partial charge in [0, 0.05) is 18.2 Å². The lowest BCUT2D eigenvalue weighted by Crippen LogP contribution is -2.30. The molecule has 0 aliphatic carbocycles. The summed E-state index contributed by atoms with van der Waals surface area (Å²) >= 11 is 0. The van der Waals surface area contributed by atoms with Gasteiger partial charge < -0.3 is 14.8 Å². The van der Waals surface area contributed by atoms with Crippen molar-refractivity contribution < 1.29 is 23.6 Å². The molecule has 1 unspecified atom stereocenters. The summed E-state index contributed by atoms with van der Waals surface area (Å²) in [7, 11) is 1.38. The predicted octanol–water partition coefficient (Wildman–Crippen LogP) is 3.15. The second-order valence-corrected chi connectivity index (χ2v) is 4.85. The summed E-state index contributed by atoms with van der Waals surface area (Å²) in [4.78, 5) is 22.5. The lowest BCUT2D eigenvalue weighted by molar-refractivity contribution is -0.384. The number of amides is 1. The summed E-state index contributed by atoms with van der Waals surface area (Å²) in [6.07, 6.45) is -0.948. The zero-order valence-corrected chi connectivity index (χ0v) is 13.0. The van der Waals surface area contributed by atoms with Crippen LogP contribution in [0, 0.1) is 15.9 Å². The number of halogens is 1. The molecule has 1 N–H and O–H groups in total. The molecular formula is C16H15FN2O5. The van der Waals surface area contributed by atoms with E-state index in [1.165, 1.54) is 50.4 Å². The third-order valence-corrected chi connectivity index (χ3v) is 3.13. The molecule has 2 aromatic carbocycles. The van der Waals surface area contributed by atoms with Crippen molar-refractivity contribution in [2.75, 3.05) is 12.4 Å². The summed E-state index contributed by atoms with van der Waals surface area (Å²) in [6, 6.07) is 9.21. The van der Waals surface area contributed by atoms with Crippen molar-refractivity contribution in [1.29, 1.82) is 0 Å². The minimum absolute atomic E-state index is 0.145. The number of nitrogens with zero attached hydrogens (tertiary/aromatic N) is 1. The molecule has 1 atom stereocenters. The Kier molecular flexibility index (Phi) is 5.31. The Balaban J connectivity index is 2.13. The Morgan fingerprint density at radius 1 is 1.29 bits per heavy atom. The van der Waals surface area contributed by atoms with Crippen LogP contribution in [0.5, 0.6) is 11.5 Å². The van der Waals surface area contributed by atoms with Gasteiger partial charge in [-0.25, -0.2) is 4.39 Å². The fourth-order valence-electron chi connectivity index (χ4n) is 1.94. The van der Waals surface area contributed by atoms with Gasteiger partial charge in [0.15, 0.2) is 6.10 Å². The first-order valence-electron chi connectivity index (χ1n) is 6.96. The highest BCUT2D eigenvalue weighted by molar-refractivity contribution is 5.95. The minimum atomic E-state index is -0.948. The van der Waals surface area contributed by atoms with Crippen LogP contribution in [-0.4, -0.2) is 24.0 Å². The van der Waals surface area contributed by atoms with Gasteiger partial charge in [-0.05, 0) is 25.1 Å². The van der Waals surface area contributed by atoms with Crippen LogP contribution < -0.4 is 14.8 Å². The second-order valence-electron chi connectivity index (χ2n) is 4.85. The maximum Gasteiger partial charge on any atom is 0.271 e. The number of carbonyl (C=O) groups excluding carboxylic acids is 1. The molecule has 0 aromatic heterocycles. The number of hydrogen-bond donors (Lipinski definition) is 1. The molecule has 8 heteroatoms. The Hall–Kier alpha value is -3.16. The molecule has 0 saturated carbocycles. The van der Waals surface area contributed by atoms with Crippen molar-refractivity contribution >= 4 is 17.3 Å². The molecule has 126 valence electrons. The van der Waals surface area contributed by atoms with Gasteiger partial charge in [-0.3, -0.25) is 14.9 Å². The van der Waals surface area contributed by atoms with Crippen LogP contribution in [0.4, 0.5) is 15.8 Å². The van der Waals surface area contributed by atoms with Crippen molar-refractivity contribution in [3.63, 3.8) is 0 Å². The van der Waals surface area contributed by atoms with Gasteiger partial charge in [-0.1, -0.05) is 6.07 Å². The van der Waals surface area contributed by atoms with Crippen LogP contribution >= 0.6 is 0 Å². The highest BCUT2D eigenvalue weighted by Gasteiger charge is 2.19. The number of anilines is 1. The Bertz CT molecular complexity index is 766. The van der Waals surface area contributed by atoms with E-state index < -0.39 is 22.8 Å².